The van der Waals surface area contributed by atoms with Gasteiger partial charge in [-0.25, -0.2) is 4.98 Å². The van der Waals surface area contributed by atoms with Crippen molar-refractivity contribution in [1.82, 2.24) is 14.5 Å². The number of hydrogen-bond acceptors (Lipinski definition) is 5. The van der Waals surface area contributed by atoms with Crippen LogP contribution in [0.3, 0.4) is 0 Å². The first kappa shape index (κ1) is 22.4. The minimum Gasteiger partial charge on any atom is -0.619 e. The molecule has 0 spiro atoms. The van der Waals surface area contributed by atoms with Crippen LogP contribution in [0.4, 0.5) is 0 Å². The van der Waals surface area contributed by atoms with Gasteiger partial charge in [0.1, 0.15) is 0 Å². The van der Waals surface area contributed by atoms with E-state index >= 15 is 0 Å². The Morgan fingerprint density at radius 1 is 1.00 bits per heavy atom. The van der Waals surface area contributed by atoms with Crippen LogP contribution in [0.15, 0.2) is 84.3 Å². The average molecular weight is 479 g/mol. The van der Waals surface area contributed by atoms with Crippen LogP contribution in [0.25, 0.3) is 32.9 Å². The van der Waals surface area contributed by atoms with Gasteiger partial charge in [0, 0.05) is 17.6 Å². The maximum atomic E-state index is 13.6. The van der Waals surface area contributed by atoms with Gasteiger partial charge < -0.3 is 10.3 Å². The van der Waals surface area contributed by atoms with E-state index in [1.54, 1.807) is 17.0 Å². The fourth-order valence-electron chi connectivity index (χ4n) is 5.37. The van der Waals surface area contributed by atoms with E-state index in [9.17, 15) is 15.1 Å². The molecule has 7 nitrogen and oxygen atoms in total. The molecule has 0 bridgehead atoms. The highest BCUT2D eigenvalue weighted by Crippen LogP contribution is 2.30. The maximum absolute atomic E-state index is 13.6. The van der Waals surface area contributed by atoms with Crippen molar-refractivity contribution in [2.24, 2.45) is 0 Å². The van der Waals surface area contributed by atoms with Gasteiger partial charge in [0.2, 0.25) is 0 Å². The van der Waals surface area contributed by atoms with Crippen LogP contribution in [0.5, 0.6) is 0 Å². The summed E-state index contributed by atoms with van der Waals surface area (Å²) in [5, 5.41) is 24.7. The molecular weight excluding hydrogens is 452 g/mol. The third-order valence-corrected chi connectivity index (χ3v) is 7.22. The van der Waals surface area contributed by atoms with Crippen LogP contribution in [-0.2, 0) is 6.42 Å². The second kappa shape index (κ2) is 9.17. The first-order valence-corrected chi connectivity index (χ1v) is 12.3. The summed E-state index contributed by atoms with van der Waals surface area (Å²) >= 11 is 0. The zero-order valence-electron chi connectivity index (χ0n) is 19.7. The summed E-state index contributed by atoms with van der Waals surface area (Å²) in [5.41, 5.74) is 4.08. The minimum atomic E-state index is -0.527. The Hall–Kier alpha value is -4.10. The molecule has 0 amide bonds. The number of nitrogens with zero attached hydrogens (tertiary/aromatic N) is 4. The van der Waals surface area contributed by atoms with Crippen LogP contribution >= 0.6 is 0 Å². The lowest BCUT2D eigenvalue weighted by Crippen LogP contribution is -2.34. The van der Waals surface area contributed by atoms with Crippen molar-refractivity contribution in [3.8, 4) is 11.3 Å². The zero-order chi connectivity index (χ0) is 24.6. The fraction of sp³-hybridized carbons (Fsp3) is 0.241. The van der Waals surface area contributed by atoms with E-state index in [4.69, 9.17) is 4.98 Å². The van der Waals surface area contributed by atoms with Gasteiger partial charge in [-0.05, 0) is 54.0 Å². The molecule has 3 aromatic heterocycles. The van der Waals surface area contributed by atoms with E-state index < -0.39 is 6.10 Å². The van der Waals surface area contributed by atoms with Crippen LogP contribution in [0, 0.1) is 5.21 Å². The van der Waals surface area contributed by atoms with E-state index in [2.05, 4.69) is 11.1 Å². The smallest absolute Gasteiger partial charge is 0.261 e. The first-order chi connectivity index (χ1) is 17.6. The second-order valence-corrected chi connectivity index (χ2v) is 9.53. The minimum absolute atomic E-state index is 0.110. The summed E-state index contributed by atoms with van der Waals surface area (Å²) in [5.74, 6) is 0. The third-order valence-electron chi connectivity index (χ3n) is 7.22. The quantitative estimate of drug-likeness (QED) is 0.236. The van der Waals surface area contributed by atoms with Crippen molar-refractivity contribution in [1.29, 1.82) is 0 Å². The molecule has 2 atom stereocenters. The van der Waals surface area contributed by atoms with Gasteiger partial charge in [-0.1, -0.05) is 43.2 Å². The van der Waals surface area contributed by atoms with Gasteiger partial charge in [0.05, 0.1) is 40.6 Å². The lowest BCUT2D eigenvalue weighted by molar-refractivity contribution is -0.604. The Morgan fingerprint density at radius 2 is 1.83 bits per heavy atom. The molecule has 0 unspecified atom stereocenters. The largest absolute Gasteiger partial charge is 0.619 e. The highest BCUT2D eigenvalue weighted by molar-refractivity contribution is 6.06. The Kier molecular flexibility index (Phi) is 5.70. The second-order valence-electron chi connectivity index (χ2n) is 9.53. The summed E-state index contributed by atoms with van der Waals surface area (Å²) in [7, 11) is 0. The van der Waals surface area contributed by atoms with Gasteiger partial charge in [0.15, 0.2) is 12.4 Å². The number of aromatic nitrogens is 4. The summed E-state index contributed by atoms with van der Waals surface area (Å²) in [4.78, 5) is 22.9. The predicted molar refractivity (Wildman–Crippen MR) is 138 cm³/mol. The molecule has 5 aromatic rings. The number of benzene rings is 2. The number of hydrogen-bond donors (Lipinski definition) is 1. The first-order valence-electron chi connectivity index (χ1n) is 12.3. The van der Waals surface area contributed by atoms with Crippen molar-refractivity contribution in [3.63, 3.8) is 0 Å². The van der Waals surface area contributed by atoms with Crippen molar-refractivity contribution in [3.05, 3.63) is 106 Å². The van der Waals surface area contributed by atoms with E-state index in [-0.39, 0.29) is 11.6 Å². The van der Waals surface area contributed by atoms with Crippen molar-refractivity contribution in [2.45, 2.75) is 44.2 Å². The molecule has 1 saturated carbocycles. The Balaban J connectivity index is 1.42. The van der Waals surface area contributed by atoms with Gasteiger partial charge in [-0.2, -0.15) is 4.73 Å². The summed E-state index contributed by atoms with van der Waals surface area (Å²) in [6, 6.07) is 17.2. The molecule has 1 aliphatic carbocycles. The molecule has 1 N–H and O–H groups in total. The molecule has 2 aromatic carbocycles. The van der Waals surface area contributed by atoms with E-state index in [1.165, 1.54) is 12.4 Å². The van der Waals surface area contributed by atoms with Gasteiger partial charge >= 0.3 is 0 Å². The number of fused-ring (bicyclic) bond motifs is 3. The highest BCUT2D eigenvalue weighted by Gasteiger charge is 2.26. The van der Waals surface area contributed by atoms with Crippen LogP contribution < -0.4 is 10.3 Å². The maximum Gasteiger partial charge on any atom is 0.261 e. The van der Waals surface area contributed by atoms with Crippen molar-refractivity contribution < 1.29 is 9.84 Å². The normalized spacial score (nSPS) is 18.0. The Morgan fingerprint density at radius 3 is 2.61 bits per heavy atom. The average Bonchev–Trinajstić information content (AvgIpc) is 2.90. The third kappa shape index (κ3) is 4.01. The van der Waals surface area contributed by atoms with Crippen LogP contribution in [0.2, 0.25) is 0 Å². The lowest BCUT2D eigenvalue weighted by Gasteiger charge is -2.29. The molecule has 3 heterocycles. The number of rotatable bonds is 4. The van der Waals surface area contributed by atoms with E-state index in [0.717, 1.165) is 57.1 Å². The molecule has 180 valence electrons. The molecule has 1 aliphatic rings. The molecule has 1 fully saturated rings. The zero-order valence-corrected chi connectivity index (χ0v) is 19.7. The van der Waals surface area contributed by atoms with E-state index in [0.29, 0.717) is 23.7 Å². The van der Waals surface area contributed by atoms with Crippen molar-refractivity contribution >= 4 is 21.7 Å². The number of aliphatic hydroxyl groups is 1. The SMILES string of the molecule is O=c1c2cc(Cc3ccc(-c4ccc[n+]([O-])c4)nc3)c3ccccc3c2ncn1[C@H]1CCCC[C@@H]1O. The molecule has 7 heteroatoms. The summed E-state index contributed by atoms with van der Waals surface area (Å²) < 4.78 is 2.39. The van der Waals surface area contributed by atoms with Gasteiger partial charge in [0.25, 0.3) is 5.56 Å². The fourth-order valence-corrected chi connectivity index (χ4v) is 5.37. The lowest BCUT2D eigenvalue weighted by atomic mass is 9.92. The van der Waals surface area contributed by atoms with E-state index in [1.807, 2.05) is 48.7 Å². The van der Waals surface area contributed by atoms with Crippen LogP contribution in [0.1, 0.15) is 42.9 Å². The molecule has 0 aliphatic heterocycles. The molecule has 0 saturated heterocycles. The van der Waals surface area contributed by atoms with Crippen molar-refractivity contribution in [2.75, 3.05) is 0 Å². The Bertz CT molecular complexity index is 1630. The standard InChI is InChI=1S/C29H26N4O3/c34-27-10-4-3-9-26(27)33-18-31-28-23-8-2-1-7-22(23)21(15-24(28)29(33)35)14-19-11-12-25(30-16-19)20-6-5-13-32(36)17-20/h1-2,5-8,11-13,15-18,26-27,34H,3-4,9-10,14H2/t26-,27-/m0/s1. The number of pyridine rings is 2. The van der Waals surface area contributed by atoms with Gasteiger partial charge in [-0.15, -0.1) is 0 Å². The predicted octanol–water partition coefficient (Wildman–Crippen LogP) is 4.31. The highest BCUT2D eigenvalue weighted by atomic mass is 16.5. The summed E-state index contributed by atoms with van der Waals surface area (Å²) in [6.45, 7) is 0. The topological polar surface area (TPSA) is 95.0 Å². The molecule has 36 heavy (non-hydrogen) atoms. The Labute approximate surface area is 207 Å². The number of aliphatic hydroxyl groups excluding tert-OH is 1. The molecular formula is C29H26N4O3. The van der Waals surface area contributed by atoms with Gasteiger partial charge in [-0.3, -0.25) is 14.3 Å². The molecule has 0 radical (unpaired) electrons. The van der Waals surface area contributed by atoms with Crippen LogP contribution in [-0.4, -0.2) is 25.7 Å². The molecule has 6 rings (SSSR count). The monoisotopic (exact) mass is 478 g/mol. The summed E-state index contributed by atoms with van der Waals surface area (Å²) in [6.07, 6.45) is 9.90.